The molecule has 13 rings (SSSR count). The van der Waals surface area contributed by atoms with Crippen molar-refractivity contribution in [2.45, 2.75) is 0 Å². The van der Waals surface area contributed by atoms with Crippen LogP contribution in [0.4, 0.5) is 17.1 Å². The monoisotopic (exact) mass is 871 g/mol. The summed E-state index contributed by atoms with van der Waals surface area (Å²) in [7, 11) is 0. The predicted octanol–water partition coefficient (Wildman–Crippen LogP) is 18.9. The normalized spacial score (nSPS) is 11.6. The lowest BCUT2D eigenvalue weighted by Crippen LogP contribution is -2.10. The van der Waals surface area contributed by atoms with Crippen molar-refractivity contribution in [1.82, 2.24) is 0 Å². The van der Waals surface area contributed by atoms with Crippen LogP contribution in [-0.2, 0) is 0 Å². The summed E-state index contributed by atoms with van der Waals surface area (Å²) >= 11 is 1.88. The zero-order chi connectivity index (χ0) is 44.3. The van der Waals surface area contributed by atoms with Gasteiger partial charge in [0.2, 0.25) is 0 Å². The van der Waals surface area contributed by atoms with Crippen LogP contribution in [0.15, 0.2) is 253 Å². The fourth-order valence-corrected chi connectivity index (χ4v) is 11.2. The standard InChI is InChI=1S/C64H41NOS/c1-4-12-42(13-5-1)51-28-33-56-58-41-54(32-37-60(58)66-61(56)39-51)65(53-30-26-46(27-31-53)45-20-22-47(23-21-45)50-25-24-44-16-10-11-19-49(44)38-50)59-36-35-55(48-17-8-3-9-18-48)64-63(59)57-34-29-52(40-62(57)67-64)43-14-6-2-7-15-43/h1-41H. The molecule has 314 valence electrons. The van der Waals surface area contributed by atoms with Gasteiger partial charge in [-0.3, -0.25) is 0 Å². The van der Waals surface area contributed by atoms with Crippen molar-refractivity contribution in [3.8, 4) is 55.6 Å². The maximum Gasteiger partial charge on any atom is 0.136 e. The highest BCUT2D eigenvalue weighted by atomic mass is 32.1. The minimum absolute atomic E-state index is 0.866. The third-order valence-corrected chi connectivity index (χ3v) is 14.5. The van der Waals surface area contributed by atoms with Gasteiger partial charge in [-0.05, 0) is 127 Å². The first kappa shape index (κ1) is 38.9. The SMILES string of the molecule is c1ccc(-c2ccc3c(c2)oc2ccc(N(c4ccc(-c5ccc(-c6ccc7ccccc7c6)cc5)cc4)c4ccc(-c5ccccc5)c5sc6cc(-c7ccccc7)ccc6c45)cc23)cc1. The van der Waals surface area contributed by atoms with Gasteiger partial charge in [-0.1, -0.05) is 188 Å². The Hall–Kier alpha value is -8.50. The molecule has 0 radical (unpaired) electrons. The molecule has 2 aromatic heterocycles. The van der Waals surface area contributed by atoms with Gasteiger partial charge in [0, 0.05) is 42.3 Å². The van der Waals surface area contributed by atoms with Gasteiger partial charge in [0.05, 0.1) is 5.69 Å². The van der Waals surface area contributed by atoms with Crippen molar-refractivity contribution in [3.05, 3.63) is 249 Å². The molecule has 0 aliphatic rings. The third kappa shape index (κ3) is 6.96. The molecule has 2 heterocycles. The minimum atomic E-state index is 0.866. The second kappa shape index (κ2) is 16.2. The van der Waals surface area contributed by atoms with Crippen LogP contribution in [0.2, 0.25) is 0 Å². The molecule has 0 saturated heterocycles. The Morgan fingerprint density at radius 3 is 1.54 bits per heavy atom. The Kier molecular flexibility index (Phi) is 9.40. The molecule has 0 N–H and O–H groups in total. The second-order valence-electron chi connectivity index (χ2n) is 17.3. The van der Waals surface area contributed by atoms with Gasteiger partial charge in [-0.25, -0.2) is 0 Å². The van der Waals surface area contributed by atoms with E-state index in [4.69, 9.17) is 4.42 Å². The third-order valence-electron chi connectivity index (χ3n) is 13.3. The van der Waals surface area contributed by atoms with Crippen LogP contribution < -0.4 is 4.90 Å². The maximum absolute atomic E-state index is 6.59. The fraction of sp³-hybridized carbons (Fsp3) is 0. The number of benzene rings is 11. The molecule has 0 fully saturated rings. The summed E-state index contributed by atoms with van der Waals surface area (Å²) in [5.41, 5.74) is 16.9. The van der Waals surface area contributed by atoms with Crippen molar-refractivity contribution < 1.29 is 4.42 Å². The molecule has 2 nitrogen and oxygen atoms in total. The van der Waals surface area contributed by atoms with Crippen LogP contribution in [0.5, 0.6) is 0 Å². The van der Waals surface area contributed by atoms with Crippen LogP contribution in [0.3, 0.4) is 0 Å². The summed E-state index contributed by atoms with van der Waals surface area (Å²) in [6.45, 7) is 0. The first-order chi connectivity index (χ1) is 33.2. The molecule has 0 unspecified atom stereocenters. The van der Waals surface area contributed by atoms with Crippen LogP contribution in [0.1, 0.15) is 0 Å². The van der Waals surface area contributed by atoms with E-state index in [1.807, 2.05) is 11.3 Å². The summed E-state index contributed by atoms with van der Waals surface area (Å²) in [5, 5.41) is 7.16. The molecule has 0 amide bonds. The topological polar surface area (TPSA) is 16.4 Å². The minimum Gasteiger partial charge on any atom is -0.456 e. The molecule has 0 atom stereocenters. The molecular formula is C64H41NOS. The fourth-order valence-electron chi connectivity index (χ4n) is 9.87. The molecule has 0 saturated carbocycles. The van der Waals surface area contributed by atoms with E-state index >= 15 is 0 Å². The van der Waals surface area contributed by atoms with E-state index in [1.54, 1.807) is 0 Å². The van der Waals surface area contributed by atoms with Gasteiger partial charge in [0.25, 0.3) is 0 Å². The molecule has 0 spiro atoms. The molecule has 11 aromatic carbocycles. The van der Waals surface area contributed by atoms with Crippen LogP contribution in [0.25, 0.3) is 109 Å². The van der Waals surface area contributed by atoms with Gasteiger partial charge in [0.15, 0.2) is 0 Å². The second-order valence-corrected chi connectivity index (χ2v) is 18.3. The Balaban J connectivity index is 0.971. The molecule has 3 heteroatoms. The van der Waals surface area contributed by atoms with Gasteiger partial charge >= 0.3 is 0 Å². The first-order valence-electron chi connectivity index (χ1n) is 22.8. The van der Waals surface area contributed by atoms with E-state index in [1.165, 1.54) is 81.0 Å². The number of nitrogens with zero attached hydrogens (tertiary/aromatic N) is 1. The van der Waals surface area contributed by atoms with Gasteiger partial charge < -0.3 is 9.32 Å². The molecular weight excluding hydrogens is 831 g/mol. The summed E-state index contributed by atoms with van der Waals surface area (Å²) in [5.74, 6) is 0. The van der Waals surface area contributed by atoms with E-state index in [9.17, 15) is 0 Å². The molecule has 0 bridgehead atoms. The smallest absolute Gasteiger partial charge is 0.136 e. The molecule has 67 heavy (non-hydrogen) atoms. The number of hydrogen-bond donors (Lipinski definition) is 0. The van der Waals surface area contributed by atoms with Crippen molar-refractivity contribution in [2.24, 2.45) is 0 Å². The number of fused-ring (bicyclic) bond motifs is 7. The van der Waals surface area contributed by atoms with Crippen LogP contribution in [0, 0.1) is 0 Å². The van der Waals surface area contributed by atoms with Crippen LogP contribution in [-0.4, -0.2) is 0 Å². The lowest BCUT2D eigenvalue weighted by atomic mass is 9.97. The van der Waals surface area contributed by atoms with E-state index in [-0.39, 0.29) is 0 Å². The zero-order valence-electron chi connectivity index (χ0n) is 36.4. The Labute approximate surface area is 392 Å². The van der Waals surface area contributed by atoms with Gasteiger partial charge in [0.1, 0.15) is 11.2 Å². The summed E-state index contributed by atoms with van der Waals surface area (Å²) < 4.78 is 9.11. The van der Waals surface area contributed by atoms with E-state index in [2.05, 4.69) is 254 Å². The number of furan rings is 1. The van der Waals surface area contributed by atoms with Gasteiger partial charge in [-0.2, -0.15) is 0 Å². The highest BCUT2D eigenvalue weighted by Crippen LogP contribution is 2.50. The van der Waals surface area contributed by atoms with Gasteiger partial charge in [-0.15, -0.1) is 11.3 Å². The van der Waals surface area contributed by atoms with Crippen molar-refractivity contribution in [2.75, 3.05) is 4.90 Å². The highest BCUT2D eigenvalue weighted by Gasteiger charge is 2.23. The number of anilines is 3. The van der Waals surface area contributed by atoms with E-state index in [0.29, 0.717) is 0 Å². The summed E-state index contributed by atoms with van der Waals surface area (Å²) in [6, 6.07) is 90.1. The first-order valence-corrected chi connectivity index (χ1v) is 23.6. The Morgan fingerprint density at radius 2 is 0.836 bits per heavy atom. The average Bonchev–Trinajstić information content (AvgIpc) is 3.98. The zero-order valence-corrected chi connectivity index (χ0v) is 37.3. The summed E-state index contributed by atoms with van der Waals surface area (Å²) in [4.78, 5) is 2.44. The largest absolute Gasteiger partial charge is 0.456 e. The maximum atomic E-state index is 6.59. The lowest BCUT2D eigenvalue weighted by molar-refractivity contribution is 0.669. The average molecular weight is 872 g/mol. The Morgan fingerprint density at radius 1 is 0.313 bits per heavy atom. The molecule has 13 aromatic rings. The number of hydrogen-bond acceptors (Lipinski definition) is 3. The number of thiophene rings is 1. The lowest BCUT2D eigenvalue weighted by Gasteiger charge is -2.27. The highest BCUT2D eigenvalue weighted by molar-refractivity contribution is 7.26. The predicted molar refractivity (Wildman–Crippen MR) is 286 cm³/mol. The van der Waals surface area contributed by atoms with Crippen molar-refractivity contribution >= 4 is 81.3 Å². The molecule has 0 aliphatic heterocycles. The van der Waals surface area contributed by atoms with E-state index < -0.39 is 0 Å². The molecule has 0 aliphatic carbocycles. The quantitative estimate of drug-likeness (QED) is 0.151. The van der Waals surface area contributed by atoms with E-state index in [0.717, 1.165) is 44.6 Å². The van der Waals surface area contributed by atoms with Crippen molar-refractivity contribution in [3.63, 3.8) is 0 Å². The van der Waals surface area contributed by atoms with Crippen LogP contribution >= 0.6 is 11.3 Å². The Bertz CT molecular complexity index is 3950. The summed E-state index contributed by atoms with van der Waals surface area (Å²) in [6.07, 6.45) is 0. The van der Waals surface area contributed by atoms with Crippen molar-refractivity contribution in [1.29, 1.82) is 0 Å². The number of rotatable bonds is 8.